The molecule has 1 fully saturated rings. The van der Waals surface area contributed by atoms with Crippen molar-refractivity contribution in [2.24, 2.45) is 0 Å². The molecule has 0 aliphatic carbocycles. The molecule has 4 atom stereocenters. The molecule has 0 radical (unpaired) electrons. The smallest absolute Gasteiger partial charge is 0.462 e. The first kappa shape index (κ1) is 54.4. The second-order valence-corrected chi connectivity index (χ2v) is 17.9. The fourth-order valence-corrected chi connectivity index (χ4v) is 6.68. The minimum Gasteiger partial charge on any atom is -0.462 e. The molecule has 1 aliphatic rings. The Labute approximate surface area is 359 Å². The lowest BCUT2D eigenvalue weighted by Crippen LogP contribution is -2.37. The molecule has 0 amide bonds. The molecule has 10 nitrogen and oxygen atoms in total. The Kier molecular flexibility index (Phi) is 33.3. The van der Waals surface area contributed by atoms with Crippen LogP contribution in [0.3, 0.4) is 0 Å². The van der Waals surface area contributed by atoms with Gasteiger partial charge < -0.3 is 23.6 Å². The second-order valence-electron chi connectivity index (χ2n) is 16.5. The van der Waals surface area contributed by atoms with E-state index < -0.39 is 32.5 Å². The Hall–Kier alpha value is -2.59. The van der Waals surface area contributed by atoms with Crippen LogP contribution >= 0.6 is 7.82 Å². The fraction of sp³-hybridized carbons (Fsp3) is 0.708. The van der Waals surface area contributed by atoms with Gasteiger partial charge in [-0.1, -0.05) is 138 Å². The fourth-order valence-electron chi connectivity index (χ4n) is 5.94. The molecule has 1 aliphatic heterocycles. The molecule has 0 saturated carbocycles. The van der Waals surface area contributed by atoms with Crippen LogP contribution < -0.4 is 0 Å². The van der Waals surface area contributed by atoms with Crippen molar-refractivity contribution < 1.29 is 46.8 Å². The lowest BCUT2D eigenvalue weighted by Gasteiger charge is -2.24. The van der Waals surface area contributed by atoms with E-state index in [0.717, 1.165) is 44.9 Å². The van der Waals surface area contributed by atoms with E-state index in [2.05, 4.69) is 80.7 Å². The number of rotatable bonds is 39. The zero-order valence-corrected chi connectivity index (χ0v) is 38.5. The Bertz CT molecular complexity index is 1300. The van der Waals surface area contributed by atoms with E-state index in [1.165, 1.54) is 64.2 Å². The number of nitrogens with zero attached hydrogens (tertiary/aromatic N) is 1. The zero-order chi connectivity index (χ0) is 43.3. The number of allylic oxidation sites excluding steroid dienone is 11. The van der Waals surface area contributed by atoms with Crippen LogP contribution in [0.15, 0.2) is 72.9 Å². The maximum Gasteiger partial charge on any atom is 0.472 e. The molecule has 3 unspecified atom stereocenters. The summed E-state index contributed by atoms with van der Waals surface area (Å²) in [6.07, 6.45) is 47.1. The van der Waals surface area contributed by atoms with Gasteiger partial charge in [-0.2, -0.15) is 0 Å². The summed E-state index contributed by atoms with van der Waals surface area (Å²) >= 11 is 0. The lowest BCUT2D eigenvalue weighted by molar-refractivity contribution is -0.870. The molecule has 0 aromatic carbocycles. The zero-order valence-electron chi connectivity index (χ0n) is 37.7. The Morgan fingerprint density at radius 2 is 1.14 bits per heavy atom. The number of phosphoric ester groups is 1. The van der Waals surface area contributed by atoms with Crippen LogP contribution in [-0.2, 0) is 37.4 Å². The van der Waals surface area contributed by atoms with Gasteiger partial charge in [0.2, 0.25) is 0 Å². The average molecular weight is 849 g/mol. The minimum absolute atomic E-state index is 0.00831. The highest BCUT2D eigenvalue weighted by Gasteiger charge is 2.36. The maximum atomic E-state index is 12.7. The molecule has 0 aromatic heterocycles. The van der Waals surface area contributed by atoms with Gasteiger partial charge in [-0.05, 0) is 77.0 Å². The minimum atomic E-state index is -4.41. The average Bonchev–Trinajstić information content (AvgIpc) is 3.94. The molecule has 1 N–H and O–H groups in total. The van der Waals surface area contributed by atoms with E-state index in [4.69, 9.17) is 23.3 Å². The quantitative estimate of drug-likeness (QED) is 0.0161. The van der Waals surface area contributed by atoms with Crippen molar-refractivity contribution in [3.8, 4) is 0 Å². The van der Waals surface area contributed by atoms with Gasteiger partial charge in [0.1, 0.15) is 19.8 Å². The molecule has 0 spiro atoms. The van der Waals surface area contributed by atoms with Crippen LogP contribution in [0.5, 0.6) is 0 Å². The number of unbranched alkanes of at least 4 members (excludes halogenated alkanes) is 10. The van der Waals surface area contributed by atoms with Crippen LogP contribution in [0.2, 0.25) is 0 Å². The van der Waals surface area contributed by atoms with Crippen LogP contribution in [0, 0.1) is 0 Å². The number of ether oxygens (including phenoxy) is 3. The Morgan fingerprint density at radius 1 is 0.627 bits per heavy atom. The normalized spacial score (nSPS) is 17.7. The summed E-state index contributed by atoms with van der Waals surface area (Å²) < 4.78 is 39.9. The van der Waals surface area contributed by atoms with E-state index in [-0.39, 0.29) is 26.1 Å². The maximum absolute atomic E-state index is 12.7. The third-order valence-electron chi connectivity index (χ3n) is 9.63. The van der Waals surface area contributed by atoms with E-state index >= 15 is 0 Å². The number of carbonyl (C=O) groups is 2. The van der Waals surface area contributed by atoms with Gasteiger partial charge in [0, 0.05) is 12.8 Å². The highest BCUT2D eigenvalue weighted by molar-refractivity contribution is 7.47. The summed E-state index contributed by atoms with van der Waals surface area (Å²) in [6, 6.07) is 0. The van der Waals surface area contributed by atoms with Crippen LogP contribution in [0.1, 0.15) is 155 Å². The third kappa shape index (κ3) is 36.9. The summed E-state index contributed by atoms with van der Waals surface area (Å²) in [5, 5.41) is 0. The Balaban J connectivity index is 2.35. The van der Waals surface area contributed by atoms with Crippen molar-refractivity contribution in [1.82, 2.24) is 0 Å². The third-order valence-corrected chi connectivity index (χ3v) is 10.6. The molecule has 1 rings (SSSR count). The predicted molar refractivity (Wildman–Crippen MR) is 242 cm³/mol. The Morgan fingerprint density at radius 3 is 1.73 bits per heavy atom. The number of epoxide rings is 1. The van der Waals surface area contributed by atoms with Crippen molar-refractivity contribution in [3.63, 3.8) is 0 Å². The van der Waals surface area contributed by atoms with E-state index in [0.29, 0.717) is 42.5 Å². The standard InChI is InChI=1S/C48H82NO9P/c1-6-8-10-11-12-13-14-15-16-17-18-19-20-24-27-30-34-38-47(50)54-42-44(43-56-59(52,53)55-41-40-49(3,4)5)57-48(51)39-35-31-28-25-22-21-23-26-29-33-37-46-45(58-46)36-32-9-7-2/h15-16,18-19,21,23-25,27-29,33,44-46H,6-14,17,20,22,26,30-32,34-43H2,1-5H3/p+1/b16-15-,19-18-,23-21-,27-24-,28-25-,33-29-/t44-,45?,46?/m1/s1. The van der Waals surface area contributed by atoms with Gasteiger partial charge in [-0.3, -0.25) is 18.6 Å². The molecular formula is C48H83NO9P+. The first-order valence-electron chi connectivity index (χ1n) is 22.8. The van der Waals surface area contributed by atoms with Gasteiger partial charge >= 0.3 is 19.8 Å². The van der Waals surface area contributed by atoms with Crippen molar-refractivity contribution >= 4 is 19.8 Å². The highest BCUT2D eigenvalue weighted by atomic mass is 31.2. The van der Waals surface area contributed by atoms with Gasteiger partial charge in [-0.15, -0.1) is 0 Å². The van der Waals surface area contributed by atoms with Crippen molar-refractivity contribution in [2.45, 2.75) is 173 Å². The van der Waals surface area contributed by atoms with E-state index in [9.17, 15) is 19.0 Å². The molecule has 11 heteroatoms. The predicted octanol–water partition coefficient (Wildman–Crippen LogP) is 12.0. The van der Waals surface area contributed by atoms with E-state index in [1.54, 1.807) is 0 Å². The largest absolute Gasteiger partial charge is 0.472 e. The van der Waals surface area contributed by atoms with Gasteiger partial charge in [0.15, 0.2) is 6.10 Å². The van der Waals surface area contributed by atoms with Crippen molar-refractivity contribution in [2.75, 3.05) is 47.5 Å². The number of quaternary nitrogens is 1. The highest BCUT2D eigenvalue weighted by Crippen LogP contribution is 2.43. The van der Waals surface area contributed by atoms with E-state index in [1.807, 2.05) is 27.2 Å². The first-order chi connectivity index (χ1) is 28.5. The monoisotopic (exact) mass is 849 g/mol. The number of esters is 2. The van der Waals surface area contributed by atoms with Crippen LogP contribution in [0.4, 0.5) is 0 Å². The second kappa shape index (κ2) is 36.1. The molecule has 1 saturated heterocycles. The number of carbonyl (C=O) groups excluding carboxylic acids is 2. The summed E-state index contributed by atoms with van der Waals surface area (Å²) in [5.74, 6) is -0.937. The molecule has 338 valence electrons. The number of hydrogen-bond acceptors (Lipinski definition) is 8. The number of phosphoric acid groups is 1. The summed E-state index contributed by atoms with van der Waals surface area (Å²) in [5.41, 5.74) is 0. The summed E-state index contributed by atoms with van der Waals surface area (Å²) in [4.78, 5) is 35.4. The molecule has 1 heterocycles. The van der Waals surface area contributed by atoms with Crippen molar-refractivity contribution in [1.29, 1.82) is 0 Å². The lowest BCUT2D eigenvalue weighted by atomic mass is 10.1. The van der Waals surface area contributed by atoms with Crippen LogP contribution in [0.25, 0.3) is 0 Å². The van der Waals surface area contributed by atoms with Gasteiger partial charge in [-0.25, -0.2) is 4.57 Å². The molecular weight excluding hydrogens is 765 g/mol. The van der Waals surface area contributed by atoms with Crippen LogP contribution in [-0.4, -0.2) is 87.1 Å². The van der Waals surface area contributed by atoms with Gasteiger partial charge in [0.05, 0.1) is 40.0 Å². The van der Waals surface area contributed by atoms with Gasteiger partial charge in [0.25, 0.3) is 0 Å². The molecule has 0 aromatic rings. The number of hydrogen-bond donors (Lipinski definition) is 1. The SMILES string of the molecule is CCCCCCCC/C=C\C/C=C\C/C=C\CCCC(=O)OC[C@H](COP(=O)(O)OCC[N+](C)(C)C)OC(=O)CCC/C=C\C/C=C\C/C=C\CC1OC1CCCCC. The number of likely N-dealkylation sites (N-methyl/N-ethyl adjacent to an activating group) is 1. The molecule has 0 bridgehead atoms. The summed E-state index contributed by atoms with van der Waals surface area (Å²) in [6.45, 7) is 4.24. The summed E-state index contributed by atoms with van der Waals surface area (Å²) in [7, 11) is 1.40. The topological polar surface area (TPSA) is 121 Å². The first-order valence-corrected chi connectivity index (χ1v) is 24.3. The molecule has 59 heavy (non-hydrogen) atoms. The van der Waals surface area contributed by atoms with Crippen molar-refractivity contribution in [3.05, 3.63) is 72.9 Å².